The third kappa shape index (κ3) is 2.52. The van der Waals surface area contributed by atoms with Crippen molar-refractivity contribution < 1.29 is 4.74 Å². The van der Waals surface area contributed by atoms with Gasteiger partial charge in [-0.15, -0.1) is 0 Å². The zero-order chi connectivity index (χ0) is 10.9. The Kier molecular flexibility index (Phi) is 3.33. The zero-order valence-corrected chi connectivity index (χ0v) is 10.0. The molecule has 0 aromatic carbocycles. The van der Waals surface area contributed by atoms with Gasteiger partial charge in [0.15, 0.2) is 0 Å². The topological polar surface area (TPSA) is 38.5 Å². The van der Waals surface area contributed by atoms with E-state index in [0.29, 0.717) is 12.0 Å². The van der Waals surface area contributed by atoms with E-state index in [2.05, 4.69) is 19.0 Å². The first-order valence-corrected chi connectivity index (χ1v) is 6.16. The highest BCUT2D eigenvalue weighted by Gasteiger charge is 2.43. The summed E-state index contributed by atoms with van der Waals surface area (Å²) in [5, 5.41) is 0. The standard InChI is InChI=1S/C12H24N2O/c1-14(2)9-11(13)10-4-7-15-12(8-10)5-3-6-12/h10-11H,3-9,13H2,1-2H3. The highest BCUT2D eigenvalue weighted by molar-refractivity contribution is 4.96. The van der Waals surface area contributed by atoms with Gasteiger partial charge < -0.3 is 15.4 Å². The molecule has 2 rings (SSSR count). The van der Waals surface area contributed by atoms with Crippen LogP contribution in [0, 0.1) is 5.92 Å². The van der Waals surface area contributed by atoms with E-state index in [-0.39, 0.29) is 5.60 Å². The lowest BCUT2D eigenvalue weighted by Gasteiger charge is -2.48. The predicted octanol–water partition coefficient (Wildman–Crippen LogP) is 1.22. The maximum Gasteiger partial charge on any atom is 0.0685 e. The van der Waals surface area contributed by atoms with Gasteiger partial charge in [0.1, 0.15) is 0 Å². The first-order chi connectivity index (χ1) is 7.11. The quantitative estimate of drug-likeness (QED) is 0.764. The first-order valence-electron chi connectivity index (χ1n) is 6.16. The molecule has 1 saturated carbocycles. The molecule has 1 saturated heterocycles. The maximum absolute atomic E-state index is 6.25. The Morgan fingerprint density at radius 1 is 1.47 bits per heavy atom. The summed E-state index contributed by atoms with van der Waals surface area (Å²) in [7, 11) is 4.19. The second-order valence-electron chi connectivity index (χ2n) is 5.56. The predicted molar refractivity (Wildman–Crippen MR) is 61.8 cm³/mol. The van der Waals surface area contributed by atoms with Crippen molar-refractivity contribution in [3.63, 3.8) is 0 Å². The maximum atomic E-state index is 6.25. The molecule has 3 nitrogen and oxygen atoms in total. The minimum atomic E-state index is 0.243. The summed E-state index contributed by atoms with van der Waals surface area (Å²) in [6.07, 6.45) is 6.21. The van der Waals surface area contributed by atoms with E-state index in [1.54, 1.807) is 0 Å². The Balaban J connectivity index is 1.86. The van der Waals surface area contributed by atoms with Crippen LogP contribution in [0.25, 0.3) is 0 Å². The fourth-order valence-corrected chi connectivity index (χ4v) is 2.92. The second-order valence-corrected chi connectivity index (χ2v) is 5.56. The zero-order valence-electron chi connectivity index (χ0n) is 10.0. The normalized spacial score (nSPS) is 31.6. The molecule has 2 fully saturated rings. The summed E-state index contributed by atoms with van der Waals surface area (Å²) in [5.41, 5.74) is 6.49. The number of rotatable bonds is 3. The highest BCUT2D eigenvalue weighted by atomic mass is 16.5. The van der Waals surface area contributed by atoms with Crippen molar-refractivity contribution in [3.05, 3.63) is 0 Å². The van der Waals surface area contributed by atoms with Gasteiger partial charge >= 0.3 is 0 Å². The van der Waals surface area contributed by atoms with E-state index < -0.39 is 0 Å². The molecule has 0 amide bonds. The molecule has 2 N–H and O–H groups in total. The number of hydrogen-bond donors (Lipinski definition) is 1. The number of hydrogen-bond acceptors (Lipinski definition) is 3. The molecule has 1 spiro atoms. The average molecular weight is 212 g/mol. The van der Waals surface area contributed by atoms with E-state index in [0.717, 1.165) is 19.6 Å². The van der Waals surface area contributed by atoms with E-state index in [9.17, 15) is 0 Å². The van der Waals surface area contributed by atoms with Crippen molar-refractivity contribution in [2.75, 3.05) is 27.2 Å². The second kappa shape index (κ2) is 4.40. The summed E-state index contributed by atoms with van der Waals surface area (Å²) in [6.45, 7) is 1.92. The molecule has 0 aromatic rings. The van der Waals surface area contributed by atoms with E-state index >= 15 is 0 Å². The Bertz CT molecular complexity index is 214. The fourth-order valence-electron chi connectivity index (χ4n) is 2.92. The Hall–Kier alpha value is -0.120. The van der Waals surface area contributed by atoms with Crippen molar-refractivity contribution in [1.29, 1.82) is 0 Å². The molecule has 1 aliphatic heterocycles. The molecule has 2 atom stereocenters. The van der Waals surface area contributed by atoms with Gasteiger partial charge in [0.2, 0.25) is 0 Å². The van der Waals surface area contributed by atoms with Gasteiger partial charge in [0, 0.05) is 19.2 Å². The van der Waals surface area contributed by atoms with Crippen LogP contribution in [0.3, 0.4) is 0 Å². The summed E-state index contributed by atoms with van der Waals surface area (Å²) in [5.74, 6) is 0.668. The third-order valence-electron chi connectivity index (χ3n) is 3.98. The van der Waals surface area contributed by atoms with Crippen molar-refractivity contribution in [2.24, 2.45) is 11.7 Å². The smallest absolute Gasteiger partial charge is 0.0685 e. The minimum Gasteiger partial charge on any atom is -0.375 e. The third-order valence-corrected chi connectivity index (χ3v) is 3.98. The number of likely N-dealkylation sites (N-methyl/N-ethyl adjacent to an activating group) is 1. The van der Waals surface area contributed by atoms with Crippen molar-refractivity contribution >= 4 is 0 Å². The molecular formula is C12H24N2O. The van der Waals surface area contributed by atoms with Crippen LogP contribution in [0.15, 0.2) is 0 Å². The lowest BCUT2D eigenvalue weighted by molar-refractivity contribution is -0.146. The number of nitrogens with two attached hydrogens (primary N) is 1. The van der Waals surface area contributed by atoms with E-state index in [1.807, 2.05) is 0 Å². The van der Waals surface area contributed by atoms with Crippen molar-refractivity contribution in [3.8, 4) is 0 Å². The van der Waals surface area contributed by atoms with Crippen LogP contribution in [0.4, 0.5) is 0 Å². The van der Waals surface area contributed by atoms with Crippen LogP contribution in [0.2, 0.25) is 0 Å². The molecule has 15 heavy (non-hydrogen) atoms. The van der Waals surface area contributed by atoms with Gasteiger partial charge in [0.25, 0.3) is 0 Å². The molecule has 1 aliphatic carbocycles. The van der Waals surface area contributed by atoms with Gasteiger partial charge in [-0.3, -0.25) is 0 Å². The lowest BCUT2D eigenvalue weighted by atomic mass is 9.70. The average Bonchev–Trinajstić information content (AvgIpc) is 2.14. The van der Waals surface area contributed by atoms with E-state index in [1.165, 1.54) is 25.7 Å². The number of ether oxygens (including phenoxy) is 1. The fraction of sp³-hybridized carbons (Fsp3) is 1.00. The molecule has 88 valence electrons. The molecular weight excluding hydrogens is 188 g/mol. The highest BCUT2D eigenvalue weighted by Crippen LogP contribution is 2.44. The molecule has 2 aliphatic rings. The molecule has 1 heterocycles. The monoisotopic (exact) mass is 212 g/mol. The van der Waals surface area contributed by atoms with Gasteiger partial charge in [-0.05, 0) is 52.1 Å². The molecule has 0 radical (unpaired) electrons. The Labute approximate surface area is 93.0 Å². The van der Waals surface area contributed by atoms with Gasteiger partial charge in [0.05, 0.1) is 5.60 Å². The molecule has 3 heteroatoms. The van der Waals surface area contributed by atoms with Gasteiger partial charge in [-0.2, -0.15) is 0 Å². The van der Waals surface area contributed by atoms with Crippen molar-refractivity contribution in [1.82, 2.24) is 4.90 Å². The lowest BCUT2D eigenvalue weighted by Crippen LogP contribution is -2.51. The number of nitrogens with zero attached hydrogens (tertiary/aromatic N) is 1. The van der Waals surface area contributed by atoms with Crippen LogP contribution >= 0.6 is 0 Å². The van der Waals surface area contributed by atoms with Crippen LogP contribution in [0.5, 0.6) is 0 Å². The minimum absolute atomic E-state index is 0.243. The Morgan fingerprint density at radius 2 is 2.20 bits per heavy atom. The van der Waals surface area contributed by atoms with E-state index in [4.69, 9.17) is 10.5 Å². The van der Waals surface area contributed by atoms with Crippen LogP contribution < -0.4 is 5.73 Å². The van der Waals surface area contributed by atoms with Crippen LogP contribution in [0.1, 0.15) is 32.1 Å². The largest absolute Gasteiger partial charge is 0.375 e. The van der Waals surface area contributed by atoms with Crippen LogP contribution in [-0.4, -0.2) is 43.8 Å². The van der Waals surface area contributed by atoms with Crippen LogP contribution in [-0.2, 0) is 4.74 Å². The van der Waals surface area contributed by atoms with Gasteiger partial charge in [-0.1, -0.05) is 0 Å². The summed E-state index contributed by atoms with van der Waals surface area (Å²) in [4.78, 5) is 2.19. The summed E-state index contributed by atoms with van der Waals surface area (Å²) < 4.78 is 5.92. The molecule has 2 unspecified atom stereocenters. The first kappa shape index (κ1) is 11.4. The molecule has 0 aromatic heterocycles. The van der Waals surface area contributed by atoms with Gasteiger partial charge in [-0.25, -0.2) is 0 Å². The molecule has 0 bridgehead atoms. The summed E-state index contributed by atoms with van der Waals surface area (Å²) >= 11 is 0. The Morgan fingerprint density at radius 3 is 2.73 bits per heavy atom. The van der Waals surface area contributed by atoms with Crippen molar-refractivity contribution in [2.45, 2.75) is 43.7 Å². The summed E-state index contributed by atoms with van der Waals surface area (Å²) in [6, 6.07) is 0.321. The SMILES string of the molecule is CN(C)CC(N)C1CCOC2(CCC2)C1.